The van der Waals surface area contributed by atoms with Crippen LogP contribution in [0.3, 0.4) is 0 Å². The average molecular weight is 460 g/mol. The van der Waals surface area contributed by atoms with Crippen molar-refractivity contribution >= 4 is 23.4 Å². The van der Waals surface area contributed by atoms with Crippen molar-refractivity contribution < 1.29 is 19.1 Å². The number of anilines is 1. The van der Waals surface area contributed by atoms with Gasteiger partial charge in [0.15, 0.2) is 0 Å². The van der Waals surface area contributed by atoms with Gasteiger partial charge in [0.05, 0.1) is 18.4 Å². The van der Waals surface area contributed by atoms with Gasteiger partial charge < -0.3 is 20.7 Å². The maximum Gasteiger partial charge on any atom is 0.255 e. The normalized spacial score (nSPS) is 11.4. The number of carbonyl (C=O) groups excluding carboxylic acids is 3. The lowest BCUT2D eigenvalue weighted by molar-refractivity contribution is -0.124. The Hall–Kier alpha value is -4.13. The molecule has 3 aromatic rings. The van der Waals surface area contributed by atoms with Crippen molar-refractivity contribution in [2.45, 2.75) is 26.4 Å². The summed E-state index contributed by atoms with van der Waals surface area (Å²) in [6.07, 6.45) is 0. The summed E-state index contributed by atoms with van der Waals surface area (Å²) in [5.74, 6) is -0.572. The molecule has 1 atom stereocenters. The number of amides is 3. The molecule has 34 heavy (non-hydrogen) atoms. The molecule has 7 heteroatoms. The molecule has 3 amide bonds. The van der Waals surface area contributed by atoms with E-state index in [0.717, 1.165) is 5.56 Å². The Balaban J connectivity index is 1.70. The molecule has 0 unspecified atom stereocenters. The minimum atomic E-state index is -0.735. The maximum absolute atomic E-state index is 13.1. The Morgan fingerprint density at radius 1 is 0.824 bits per heavy atom. The van der Waals surface area contributed by atoms with E-state index in [1.54, 1.807) is 55.6 Å². The number of nitrogens with one attached hydrogen (secondary N) is 3. The number of para-hydroxylation sites is 1. The van der Waals surface area contributed by atoms with Gasteiger partial charge in [-0.2, -0.15) is 0 Å². The summed E-state index contributed by atoms with van der Waals surface area (Å²) in [5, 5.41) is 8.48. The van der Waals surface area contributed by atoms with Crippen LogP contribution in [-0.2, 0) is 11.3 Å². The Morgan fingerprint density at radius 2 is 1.47 bits per heavy atom. The highest BCUT2D eigenvalue weighted by Crippen LogP contribution is 2.18. The van der Waals surface area contributed by atoms with Crippen LogP contribution >= 0.6 is 0 Å². The van der Waals surface area contributed by atoms with E-state index in [2.05, 4.69) is 16.0 Å². The highest BCUT2D eigenvalue weighted by Gasteiger charge is 2.25. The fourth-order valence-electron chi connectivity index (χ4n) is 3.38. The van der Waals surface area contributed by atoms with Crippen molar-refractivity contribution in [2.75, 3.05) is 12.4 Å². The van der Waals surface area contributed by atoms with Gasteiger partial charge in [0, 0.05) is 12.1 Å². The van der Waals surface area contributed by atoms with E-state index in [-0.39, 0.29) is 23.3 Å². The summed E-state index contributed by atoms with van der Waals surface area (Å²) < 4.78 is 5.12. The molecule has 0 saturated heterocycles. The van der Waals surface area contributed by atoms with E-state index in [9.17, 15) is 14.4 Å². The van der Waals surface area contributed by atoms with Crippen molar-refractivity contribution in [3.05, 3.63) is 95.6 Å². The second kappa shape index (κ2) is 11.7. The van der Waals surface area contributed by atoms with Crippen molar-refractivity contribution in [1.82, 2.24) is 10.6 Å². The Labute approximate surface area is 199 Å². The number of hydrogen-bond donors (Lipinski definition) is 3. The molecule has 3 aromatic carbocycles. The van der Waals surface area contributed by atoms with Crippen molar-refractivity contribution in [3.8, 4) is 5.75 Å². The fraction of sp³-hybridized carbons (Fsp3) is 0.222. The largest absolute Gasteiger partial charge is 0.497 e. The lowest BCUT2D eigenvalue weighted by atomic mass is 10.0. The third-order valence-electron chi connectivity index (χ3n) is 5.32. The maximum atomic E-state index is 13.1. The number of rotatable bonds is 9. The molecule has 0 bridgehead atoms. The first kappa shape index (κ1) is 24.5. The van der Waals surface area contributed by atoms with Gasteiger partial charge in [-0.3, -0.25) is 14.4 Å². The van der Waals surface area contributed by atoms with Gasteiger partial charge in [-0.1, -0.05) is 56.3 Å². The van der Waals surface area contributed by atoms with Gasteiger partial charge in [-0.05, 0) is 47.9 Å². The number of hydrogen-bond acceptors (Lipinski definition) is 4. The summed E-state index contributed by atoms with van der Waals surface area (Å²) in [7, 11) is 1.55. The molecule has 0 saturated carbocycles. The molecule has 0 heterocycles. The summed E-state index contributed by atoms with van der Waals surface area (Å²) in [5.41, 5.74) is 2.02. The first-order valence-electron chi connectivity index (χ1n) is 11.1. The molecule has 3 rings (SSSR count). The molecule has 0 aliphatic carbocycles. The molecule has 7 nitrogen and oxygen atoms in total. The molecule has 0 aliphatic rings. The molecule has 0 radical (unpaired) electrons. The third-order valence-corrected chi connectivity index (χ3v) is 5.32. The number of ether oxygens (including phenoxy) is 1. The summed E-state index contributed by atoms with van der Waals surface area (Å²) in [6, 6.07) is 22.2. The first-order valence-corrected chi connectivity index (χ1v) is 11.1. The van der Waals surface area contributed by atoms with Crippen LogP contribution in [0.4, 0.5) is 5.69 Å². The number of benzene rings is 3. The van der Waals surface area contributed by atoms with E-state index < -0.39 is 11.9 Å². The van der Waals surface area contributed by atoms with E-state index in [0.29, 0.717) is 23.5 Å². The van der Waals surface area contributed by atoms with Crippen LogP contribution in [0, 0.1) is 5.92 Å². The topological polar surface area (TPSA) is 96.5 Å². The lowest BCUT2D eigenvalue weighted by Gasteiger charge is -2.22. The molecule has 3 N–H and O–H groups in total. The molecule has 0 aromatic heterocycles. The molecule has 0 spiro atoms. The van der Waals surface area contributed by atoms with Gasteiger partial charge in [-0.25, -0.2) is 0 Å². The van der Waals surface area contributed by atoms with Gasteiger partial charge in [0.1, 0.15) is 11.8 Å². The average Bonchev–Trinajstić information content (AvgIpc) is 2.86. The summed E-state index contributed by atoms with van der Waals surface area (Å²) >= 11 is 0. The van der Waals surface area contributed by atoms with Crippen LogP contribution in [0.15, 0.2) is 78.9 Å². The van der Waals surface area contributed by atoms with Crippen LogP contribution < -0.4 is 20.7 Å². The zero-order valence-electron chi connectivity index (χ0n) is 19.5. The van der Waals surface area contributed by atoms with Crippen LogP contribution in [0.25, 0.3) is 0 Å². The van der Waals surface area contributed by atoms with Crippen molar-refractivity contribution in [3.63, 3.8) is 0 Å². The fourth-order valence-corrected chi connectivity index (χ4v) is 3.38. The molecule has 0 aliphatic heterocycles. The lowest BCUT2D eigenvalue weighted by Crippen LogP contribution is -2.49. The van der Waals surface area contributed by atoms with E-state index in [1.165, 1.54) is 0 Å². The van der Waals surface area contributed by atoms with Gasteiger partial charge in [-0.15, -0.1) is 0 Å². The Bertz CT molecular complexity index is 1130. The SMILES string of the molecule is COc1ccc(C(=O)Nc2ccccc2C(=O)N[C@H](C(=O)NCc2ccccc2)C(C)C)cc1. The van der Waals surface area contributed by atoms with Gasteiger partial charge in [0.25, 0.3) is 11.8 Å². The second-order valence-electron chi connectivity index (χ2n) is 8.13. The molecular weight excluding hydrogens is 430 g/mol. The zero-order valence-corrected chi connectivity index (χ0v) is 19.5. The second-order valence-corrected chi connectivity index (χ2v) is 8.13. The van der Waals surface area contributed by atoms with Gasteiger partial charge >= 0.3 is 0 Å². The van der Waals surface area contributed by atoms with Crippen molar-refractivity contribution in [1.29, 1.82) is 0 Å². The smallest absolute Gasteiger partial charge is 0.255 e. The monoisotopic (exact) mass is 459 g/mol. The van der Waals surface area contributed by atoms with Gasteiger partial charge in [0.2, 0.25) is 5.91 Å². The van der Waals surface area contributed by atoms with E-state index >= 15 is 0 Å². The first-order chi connectivity index (χ1) is 16.4. The minimum Gasteiger partial charge on any atom is -0.497 e. The Kier molecular flexibility index (Phi) is 8.40. The number of methoxy groups -OCH3 is 1. The highest BCUT2D eigenvalue weighted by atomic mass is 16.5. The standard InChI is InChI=1S/C27H29N3O4/c1-18(2)24(27(33)28-17-19-9-5-4-6-10-19)30-26(32)22-11-7-8-12-23(22)29-25(31)20-13-15-21(34-3)16-14-20/h4-16,18,24H,17H2,1-3H3,(H,28,33)(H,29,31)(H,30,32)/t24-/m0/s1. The highest BCUT2D eigenvalue weighted by molar-refractivity contribution is 6.09. The minimum absolute atomic E-state index is 0.138. The van der Waals surface area contributed by atoms with Crippen LogP contribution in [0.5, 0.6) is 5.75 Å². The number of carbonyl (C=O) groups is 3. The quantitative estimate of drug-likeness (QED) is 0.450. The van der Waals surface area contributed by atoms with Crippen LogP contribution in [0.1, 0.15) is 40.1 Å². The van der Waals surface area contributed by atoms with E-state index in [1.807, 2.05) is 44.2 Å². The zero-order chi connectivity index (χ0) is 24.5. The van der Waals surface area contributed by atoms with Crippen molar-refractivity contribution in [2.24, 2.45) is 5.92 Å². The predicted octanol–water partition coefficient (Wildman–Crippen LogP) is 4.02. The summed E-state index contributed by atoms with van der Waals surface area (Å²) in [6.45, 7) is 4.10. The molecular formula is C27H29N3O4. The Morgan fingerprint density at radius 3 is 2.12 bits per heavy atom. The summed E-state index contributed by atoms with van der Waals surface area (Å²) in [4.78, 5) is 38.6. The third kappa shape index (κ3) is 6.45. The van der Waals surface area contributed by atoms with E-state index in [4.69, 9.17) is 4.74 Å². The molecule has 176 valence electrons. The predicted molar refractivity (Wildman–Crippen MR) is 132 cm³/mol. The van der Waals surface area contributed by atoms with Crippen LogP contribution in [0.2, 0.25) is 0 Å². The van der Waals surface area contributed by atoms with Crippen LogP contribution in [-0.4, -0.2) is 30.9 Å². The molecule has 0 fully saturated rings.